The van der Waals surface area contributed by atoms with E-state index >= 15 is 0 Å². The first-order valence-corrected chi connectivity index (χ1v) is 9.76. The fourth-order valence-electron chi connectivity index (χ4n) is 3.21. The first-order valence-electron chi connectivity index (χ1n) is 8.84. The summed E-state index contributed by atoms with van der Waals surface area (Å²) in [4.78, 5) is 13.2. The second-order valence-corrected chi connectivity index (χ2v) is 7.89. The van der Waals surface area contributed by atoms with Gasteiger partial charge >= 0.3 is 0 Å². The molecule has 1 fully saturated rings. The van der Waals surface area contributed by atoms with E-state index in [1.165, 1.54) is 6.92 Å². The molecule has 0 aliphatic carbocycles. The topological polar surface area (TPSA) is 66.8 Å². The number of aliphatic hydroxyl groups excluding tert-OH is 1. The lowest BCUT2D eigenvalue weighted by Gasteiger charge is -2.41. The zero-order valence-corrected chi connectivity index (χ0v) is 17.2. The van der Waals surface area contributed by atoms with Gasteiger partial charge in [-0.3, -0.25) is 4.79 Å². The number of Topliss-reactive ketones (excluding diaryl/α,β-unsaturated/α-hetero) is 1. The van der Waals surface area contributed by atoms with E-state index in [9.17, 15) is 15.0 Å². The molecule has 2 N–H and O–H groups in total. The largest absolute Gasteiger partial charge is 0.386 e. The molecule has 1 heterocycles. The van der Waals surface area contributed by atoms with Gasteiger partial charge in [0.05, 0.1) is 18.6 Å². The quantitative estimate of drug-likeness (QED) is 0.581. The maximum atomic E-state index is 11.4. The average molecular weight is 415 g/mol. The van der Waals surface area contributed by atoms with Crippen LogP contribution in [0.4, 0.5) is 0 Å². The molecule has 1 rings (SSSR count). The number of rotatable bonds is 8. The molecule has 0 bridgehead atoms. The maximum Gasteiger partial charge on any atom is 0.173 e. The Kier molecular flexibility index (Phi) is 9.28. The molecule has 0 aromatic rings. The first kappa shape index (κ1) is 22.3. The summed E-state index contributed by atoms with van der Waals surface area (Å²) in [5.41, 5.74) is 0.944. The van der Waals surface area contributed by atoms with Crippen molar-refractivity contribution in [2.24, 2.45) is 11.8 Å². The second-order valence-electron chi connectivity index (χ2n) is 7.36. The molecule has 4 nitrogen and oxygen atoms in total. The van der Waals surface area contributed by atoms with Crippen LogP contribution >= 0.6 is 15.9 Å². The van der Waals surface area contributed by atoms with Crippen molar-refractivity contribution < 1.29 is 19.7 Å². The Bertz CT molecular complexity index is 526. The summed E-state index contributed by atoms with van der Waals surface area (Å²) < 4.78 is 5.70. The Hall–Kier alpha value is -0.750. The molecule has 0 spiro atoms. The third kappa shape index (κ3) is 8.45. The van der Waals surface area contributed by atoms with Crippen LogP contribution in [0.3, 0.4) is 0 Å². The van der Waals surface area contributed by atoms with Gasteiger partial charge in [-0.2, -0.15) is 0 Å². The Morgan fingerprint density at radius 1 is 1.44 bits per heavy atom. The average Bonchev–Trinajstić information content (AvgIpc) is 2.48. The van der Waals surface area contributed by atoms with Crippen molar-refractivity contribution in [3.8, 4) is 0 Å². The lowest BCUT2D eigenvalue weighted by atomic mass is 9.87. The van der Waals surface area contributed by atoms with Crippen molar-refractivity contribution in [3.05, 3.63) is 34.9 Å². The highest BCUT2D eigenvalue weighted by atomic mass is 79.9. The van der Waals surface area contributed by atoms with Crippen molar-refractivity contribution in [1.29, 1.82) is 0 Å². The fourth-order valence-corrected chi connectivity index (χ4v) is 3.42. The Labute approximate surface area is 159 Å². The fraction of sp³-hybridized carbons (Fsp3) is 0.650. The minimum Gasteiger partial charge on any atom is -0.386 e. The molecule has 0 aromatic carbocycles. The summed E-state index contributed by atoms with van der Waals surface area (Å²) in [6.45, 7) is 7.50. The number of hydrogen-bond acceptors (Lipinski definition) is 4. The summed E-state index contributed by atoms with van der Waals surface area (Å²) in [5.74, 6) is -1.01. The summed E-state index contributed by atoms with van der Waals surface area (Å²) in [6, 6.07) is 0. The maximum absolute atomic E-state index is 11.4. The van der Waals surface area contributed by atoms with Crippen LogP contribution in [-0.2, 0) is 9.53 Å². The Balaban J connectivity index is 2.72. The lowest BCUT2D eigenvalue weighted by molar-refractivity contribution is -0.274. The Morgan fingerprint density at radius 2 is 2.12 bits per heavy atom. The molecule has 5 atom stereocenters. The molecule has 0 radical (unpaired) electrons. The molecule has 0 unspecified atom stereocenters. The monoisotopic (exact) mass is 414 g/mol. The molecular formula is C20H31BrO4. The molecule has 1 saturated heterocycles. The molecule has 1 aliphatic rings. The number of allylic oxidation sites excluding steroid dienone is 4. The van der Waals surface area contributed by atoms with Crippen LogP contribution in [0.2, 0.25) is 0 Å². The van der Waals surface area contributed by atoms with Crippen LogP contribution in [0.25, 0.3) is 0 Å². The standard InChI is InChI=1S/C20H31BrO4/c1-14(6-5-9-21)7-8-15(2)10-18(23)19-11-16(3)12-20(24,25-19)13-17(4)22/h5,7-10,14,16,18-19,23-24H,6,11-13H2,1-4H3/b8-7+,9-5+,15-10+/t14-,16-,18-,19-,20+/m1/s1. The highest BCUT2D eigenvalue weighted by Gasteiger charge is 2.41. The van der Waals surface area contributed by atoms with E-state index in [0.717, 1.165) is 12.0 Å². The van der Waals surface area contributed by atoms with E-state index in [4.69, 9.17) is 4.74 Å². The molecule has 0 amide bonds. The lowest BCUT2D eigenvalue weighted by Crippen LogP contribution is -2.48. The normalized spacial score (nSPS) is 30.8. The summed E-state index contributed by atoms with van der Waals surface area (Å²) in [7, 11) is 0. The number of hydrogen-bond donors (Lipinski definition) is 2. The van der Waals surface area contributed by atoms with Crippen molar-refractivity contribution in [1.82, 2.24) is 0 Å². The van der Waals surface area contributed by atoms with Crippen LogP contribution in [0.5, 0.6) is 0 Å². The van der Waals surface area contributed by atoms with E-state index < -0.39 is 18.0 Å². The van der Waals surface area contributed by atoms with Crippen LogP contribution < -0.4 is 0 Å². The molecular weight excluding hydrogens is 384 g/mol. The van der Waals surface area contributed by atoms with Crippen molar-refractivity contribution in [2.75, 3.05) is 0 Å². The molecule has 142 valence electrons. The summed E-state index contributed by atoms with van der Waals surface area (Å²) >= 11 is 3.26. The van der Waals surface area contributed by atoms with E-state index in [0.29, 0.717) is 18.8 Å². The molecule has 0 saturated carbocycles. The number of aliphatic hydroxyl groups is 2. The number of ketones is 1. The van der Waals surface area contributed by atoms with Gasteiger partial charge in [-0.25, -0.2) is 0 Å². The number of carbonyl (C=O) groups excluding carboxylic acids is 1. The molecule has 0 aromatic heterocycles. The number of ether oxygens (including phenoxy) is 1. The van der Waals surface area contributed by atoms with Gasteiger partial charge in [-0.15, -0.1) is 0 Å². The minimum absolute atomic E-state index is 0.0399. The van der Waals surface area contributed by atoms with Crippen LogP contribution in [0.15, 0.2) is 34.9 Å². The van der Waals surface area contributed by atoms with Gasteiger partial charge in [0, 0.05) is 6.42 Å². The zero-order valence-electron chi connectivity index (χ0n) is 15.6. The predicted molar refractivity (Wildman–Crippen MR) is 104 cm³/mol. The SMILES string of the molecule is CC(=O)C[C@]1(O)C[C@H](C)C[C@H]([C@H](O)/C=C(C)/C=C/[C@H](C)C/C=C/Br)O1. The van der Waals surface area contributed by atoms with Gasteiger partial charge in [0.25, 0.3) is 0 Å². The second kappa shape index (κ2) is 10.4. The van der Waals surface area contributed by atoms with Crippen molar-refractivity contribution in [2.45, 2.75) is 71.4 Å². The van der Waals surface area contributed by atoms with Gasteiger partial charge in [0.15, 0.2) is 5.79 Å². The van der Waals surface area contributed by atoms with E-state index in [1.54, 1.807) is 6.08 Å². The highest BCUT2D eigenvalue weighted by Crippen LogP contribution is 2.35. The molecule has 5 heteroatoms. The summed E-state index contributed by atoms with van der Waals surface area (Å²) in [5, 5.41) is 21.0. The van der Waals surface area contributed by atoms with E-state index in [-0.39, 0.29) is 18.1 Å². The van der Waals surface area contributed by atoms with Gasteiger partial charge in [-0.1, -0.05) is 59.7 Å². The van der Waals surface area contributed by atoms with Gasteiger partial charge in [-0.05, 0) is 43.5 Å². The molecule has 25 heavy (non-hydrogen) atoms. The van der Waals surface area contributed by atoms with Gasteiger partial charge in [0.1, 0.15) is 5.78 Å². The van der Waals surface area contributed by atoms with Crippen LogP contribution in [0.1, 0.15) is 53.4 Å². The van der Waals surface area contributed by atoms with Gasteiger partial charge in [0.2, 0.25) is 0 Å². The summed E-state index contributed by atoms with van der Waals surface area (Å²) in [6.07, 6.45) is 8.54. The van der Waals surface area contributed by atoms with E-state index in [1.807, 2.05) is 24.9 Å². The minimum atomic E-state index is -1.47. The zero-order chi connectivity index (χ0) is 19.0. The van der Waals surface area contributed by atoms with Crippen LogP contribution in [0, 0.1) is 11.8 Å². The van der Waals surface area contributed by atoms with Crippen molar-refractivity contribution >= 4 is 21.7 Å². The number of halogens is 1. The Morgan fingerprint density at radius 3 is 2.72 bits per heavy atom. The molecule has 1 aliphatic heterocycles. The number of carbonyl (C=O) groups is 1. The van der Waals surface area contributed by atoms with Gasteiger partial charge < -0.3 is 14.9 Å². The van der Waals surface area contributed by atoms with Crippen molar-refractivity contribution in [3.63, 3.8) is 0 Å². The smallest absolute Gasteiger partial charge is 0.173 e. The predicted octanol–water partition coefficient (Wildman–Crippen LogP) is 4.27. The highest BCUT2D eigenvalue weighted by molar-refractivity contribution is 9.11. The van der Waals surface area contributed by atoms with E-state index in [2.05, 4.69) is 35.0 Å². The third-order valence-electron chi connectivity index (χ3n) is 4.30. The first-order chi connectivity index (χ1) is 11.6. The third-order valence-corrected chi connectivity index (χ3v) is 4.67. The van der Waals surface area contributed by atoms with Crippen LogP contribution in [-0.4, -0.2) is 34.0 Å².